The maximum Gasteiger partial charge on any atom is 0.0634 e. The predicted octanol–water partition coefficient (Wildman–Crippen LogP) is 1.53. The van der Waals surface area contributed by atoms with Crippen molar-refractivity contribution in [3.05, 3.63) is 0 Å². The Balaban J connectivity index is 1.97. The van der Waals surface area contributed by atoms with Crippen LogP contribution in [0.1, 0.15) is 40.0 Å². The summed E-state index contributed by atoms with van der Waals surface area (Å²) in [4.78, 5) is 0. The minimum Gasteiger partial charge on any atom is -0.379 e. The van der Waals surface area contributed by atoms with Crippen LogP contribution in [0.5, 0.6) is 0 Å². The second-order valence-corrected chi connectivity index (χ2v) is 5.25. The van der Waals surface area contributed by atoms with Gasteiger partial charge in [-0.05, 0) is 46.6 Å². The van der Waals surface area contributed by atoms with E-state index in [2.05, 4.69) is 31.4 Å². The van der Waals surface area contributed by atoms with Crippen LogP contribution in [0.15, 0.2) is 0 Å². The van der Waals surface area contributed by atoms with Gasteiger partial charge in [-0.25, -0.2) is 0 Å². The molecule has 0 amide bonds. The van der Waals surface area contributed by atoms with Gasteiger partial charge in [0.2, 0.25) is 0 Å². The van der Waals surface area contributed by atoms with Crippen molar-refractivity contribution in [2.45, 2.75) is 57.7 Å². The molecule has 0 aromatic heterocycles. The minimum absolute atomic E-state index is 0.00333. The van der Waals surface area contributed by atoms with E-state index in [-0.39, 0.29) is 5.60 Å². The first-order valence-corrected chi connectivity index (χ1v) is 6.05. The Morgan fingerprint density at radius 2 is 2.07 bits per heavy atom. The van der Waals surface area contributed by atoms with Crippen molar-refractivity contribution in [2.24, 2.45) is 0 Å². The highest BCUT2D eigenvalue weighted by atomic mass is 16.5. The van der Waals surface area contributed by atoms with Crippen molar-refractivity contribution in [1.82, 2.24) is 10.6 Å². The molecule has 1 fully saturated rings. The first-order valence-electron chi connectivity index (χ1n) is 6.05. The summed E-state index contributed by atoms with van der Waals surface area (Å²) in [5.74, 6) is 0. The lowest BCUT2D eigenvalue weighted by Crippen LogP contribution is -2.39. The largest absolute Gasteiger partial charge is 0.379 e. The smallest absolute Gasteiger partial charge is 0.0634 e. The van der Waals surface area contributed by atoms with E-state index in [4.69, 9.17) is 4.74 Å². The van der Waals surface area contributed by atoms with E-state index in [1.54, 1.807) is 7.11 Å². The highest BCUT2D eigenvalue weighted by molar-refractivity contribution is 4.82. The number of ether oxygens (including phenoxy) is 1. The van der Waals surface area contributed by atoms with E-state index in [0.29, 0.717) is 6.04 Å². The molecular weight excluding hydrogens is 188 g/mol. The first kappa shape index (κ1) is 12.9. The summed E-state index contributed by atoms with van der Waals surface area (Å²) in [5.41, 5.74) is -0.00333. The summed E-state index contributed by atoms with van der Waals surface area (Å²) in [6, 6.07) is 1.36. The molecule has 0 aliphatic heterocycles. The van der Waals surface area contributed by atoms with E-state index < -0.39 is 0 Å². The lowest BCUT2D eigenvalue weighted by atomic mass is 10.1. The van der Waals surface area contributed by atoms with E-state index in [0.717, 1.165) is 25.6 Å². The summed E-state index contributed by atoms with van der Waals surface area (Å²) in [6.45, 7) is 8.59. The standard InChI is InChI=1S/C12H26N2O/c1-10(9-14-11-5-6-11)13-8-7-12(2,3)15-4/h10-11,13-14H,5-9H2,1-4H3. The van der Waals surface area contributed by atoms with E-state index in [9.17, 15) is 0 Å². The van der Waals surface area contributed by atoms with Gasteiger partial charge in [0.05, 0.1) is 5.60 Å². The minimum atomic E-state index is -0.00333. The molecule has 1 aliphatic carbocycles. The molecule has 3 heteroatoms. The second kappa shape index (κ2) is 5.83. The zero-order valence-electron chi connectivity index (χ0n) is 10.6. The van der Waals surface area contributed by atoms with E-state index in [1.165, 1.54) is 12.8 Å². The molecule has 90 valence electrons. The van der Waals surface area contributed by atoms with Gasteiger partial charge in [0.25, 0.3) is 0 Å². The molecule has 0 aromatic carbocycles. The molecule has 1 unspecified atom stereocenters. The molecule has 1 aliphatic rings. The van der Waals surface area contributed by atoms with Crippen LogP contribution in [0.3, 0.4) is 0 Å². The van der Waals surface area contributed by atoms with E-state index >= 15 is 0 Å². The van der Waals surface area contributed by atoms with Gasteiger partial charge in [-0.3, -0.25) is 0 Å². The Kier molecular flexibility index (Phi) is 5.03. The van der Waals surface area contributed by atoms with Crippen LogP contribution in [0.25, 0.3) is 0 Å². The van der Waals surface area contributed by atoms with Gasteiger partial charge in [-0.15, -0.1) is 0 Å². The fourth-order valence-corrected chi connectivity index (χ4v) is 1.42. The lowest BCUT2D eigenvalue weighted by molar-refractivity contribution is 0.0154. The second-order valence-electron chi connectivity index (χ2n) is 5.25. The van der Waals surface area contributed by atoms with Gasteiger partial charge < -0.3 is 15.4 Å². The Morgan fingerprint density at radius 3 is 2.60 bits per heavy atom. The SMILES string of the molecule is COC(C)(C)CCNC(C)CNC1CC1. The fraction of sp³-hybridized carbons (Fsp3) is 1.00. The summed E-state index contributed by atoms with van der Waals surface area (Å²) in [6.07, 6.45) is 3.78. The molecule has 1 atom stereocenters. The van der Waals surface area contributed by atoms with E-state index in [1.807, 2.05) is 0 Å². The van der Waals surface area contributed by atoms with Crippen molar-refractivity contribution in [3.63, 3.8) is 0 Å². The van der Waals surface area contributed by atoms with Crippen LogP contribution >= 0.6 is 0 Å². The van der Waals surface area contributed by atoms with Crippen LogP contribution in [0.4, 0.5) is 0 Å². The number of rotatable bonds is 8. The van der Waals surface area contributed by atoms with Gasteiger partial charge >= 0.3 is 0 Å². The van der Waals surface area contributed by atoms with Crippen LogP contribution in [-0.2, 0) is 4.74 Å². The van der Waals surface area contributed by atoms with Crippen molar-refractivity contribution < 1.29 is 4.74 Å². The van der Waals surface area contributed by atoms with Crippen molar-refractivity contribution in [1.29, 1.82) is 0 Å². The summed E-state index contributed by atoms with van der Waals surface area (Å²) in [5, 5.41) is 7.04. The zero-order valence-corrected chi connectivity index (χ0v) is 10.6. The number of hydrogen-bond donors (Lipinski definition) is 2. The van der Waals surface area contributed by atoms with Crippen LogP contribution < -0.4 is 10.6 Å². The molecule has 3 nitrogen and oxygen atoms in total. The highest BCUT2D eigenvalue weighted by Gasteiger charge is 2.21. The van der Waals surface area contributed by atoms with Gasteiger partial charge in [0.1, 0.15) is 0 Å². The van der Waals surface area contributed by atoms with Gasteiger partial charge in [0.15, 0.2) is 0 Å². The summed E-state index contributed by atoms with van der Waals surface area (Å²) in [7, 11) is 1.78. The molecule has 2 N–H and O–H groups in total. The highest BCUT2D eigenvalue weighted by Crippen LogP contribution is 2.18. The lowest BCUT2D eigenvalue weighted by Gasteiger charge is -2.24. The van der Waals surface area contributed by atoms with Gasteiger partial charge in [0, 0.05) is 25.7 Å². The first-order chi connectivity index (χ1) is 7.03. The number of methoxy groups -OCH3 is 1. The fourth-order valence-electron chi connectivity index (χ4n) is 1.42. The third kappa shape index (κ3) is 6.13. The topological polar surface area (TPSA) is 33.3 Å². The maximum atomic E-state index is 5.37. The van der Waals surface area contributed by atoms with Gasteiger partial charge in [-0.2, -0.15) is 0 Å². The quantitative estimate of drug-likeness (QED) is 0.643. The molecule has 1 saturated carbocycles. The van der Waals surface area contributed by atoms with Crippen molar-refractivity contribution in [3.8, 4) is 0 Å². The molecule has 0 aromatic rings. The monoisotopic (exact) mass is 214 g/mol. The molecular formula is C12H26N2O. The molecule has 0 radical (unpaired) electrons. The van der Waals surface area contributed by atoms with Crippen molar-refractivity contribution >= 4 is 0 Å². The molecule has 0 bridgehead atoms. The van der Waals surface area contributed by atoms with Crippen LogP contribution in [-0.4, -0.2) is 37.9 Å². The molecule has 0 spiro atoms. The van der Waals surface area contributed by atoms with Crippen molar-refractivity contribution in [2.75, 3.05) is 20.2 Å². The third-order valence-corrected chi connectivity index (χ3v) is 3.06. The Bertz CT molecular complexity index is 178. The average Bonchev–Trinajstić information content (AvgIpc) is 2.98. The molecule has 15 heavy (non-hydrogen) atoms. The predicted molar refractivity (Wildman–Crippen MR) is 64.2 cm³/mol. The number of nitrogens with one attached hydrogen (secondary N) is 2. The van der Waals surface area contributed by atoms with Gasteiger partial charge in [-0.1, -0.05) is 0 Å². The van der Waals surface area contributed by atoms with Crippen LogP contribution in [0.2, 0.25) is 0 Å². The number of hydrogen-bond acceptors (Lipinski definition) is 3. The molecule has 0 heterocycles. The Hall–Kier alpha value is -0.120. The maximum absolute atomic E-state index is 5.37. The normalized spacial score (nSPS) is 19.2. The molecule has 1 rings (SSSR count). The zero-order chi connectivity index (χ0) is 11.3. The summed E-state index contributed by atoms with van der Waals surface area (Å²) < 4.78 is 5.37. The Morgan fingerprint density at radius 1 is 1.40 bits per heavy atom. The summed E-state index contributed by atoms with van der Waals surface area (Å²) >= 11 is 0. The Labute approximate surface area is 94.0 Å². The van der Waals surface area contributed by atoms with Crippen LogP contribution in [0, 0.1) is 0 Å². The average molecular weight is 214 g/mol. The molecule has 0 saturated heterocycles. The third-order valence-electron chi connectivity index (χ3n) is 3.06.